The Labute approximate surface area is 118 Å². The number of carbonyl (C=O) groups excluding carboxylic acids is 1. The molecule has 0 bridgehead atoms. The third kappa shape index (κ3) is 5.15. The molecule has 3 nitrogen and oxygen atoms in total. The van der Waals surface area contributed by atoms with Crippen LogP contribution in [0.3, 0.4) is 0 Å². The molecule has 0 spiro atoms. The van der Waals surface area contributed by atoms with Crippen LogP contribution in [0.4, 0.5) is 5.69 Å². The second-order valence-electron chi connectivity index (χ2n) is 4.18. The average molecular weight is 289 g/mol. The first-order valence-corrected chi connectivity index (χ1v) is 6.76. The highest BCUT2D eigenvalue weighted by atomic mass is 35.5. The first-order valence-electron chi connectivity index (χ1n) is 6.01. The van der Waals surface area contributed by atoms with Gasteiger partial charge in [0.2, 0.25) is 5.91 Å². The Hall–Kier alpha value is -0.930. The lowest BCUT2D eigenvalue weighted by molar-refractivity contribution is -0.121. The fourth-order valence-corrected chi connectivity index (χ4v) is 1.75. The molecule has 1 unspecified atom stereocenters. The zero-order valence-corrected chi connectivity index (χ0v) is 12.1. The first kappa shape index (κ1) is 15.1. The number of hydrogen-bond donors (Lipinski definition) is 2. The molecule has 100 valence electrons. The summed E-state index contributed by atoms with van der Waals surface area (Å²) in [6.45, 7) is 4.55. The second kappa shape index (κ2) is 7.49. The minimum Gasteiger partial charge on any atom is -0.383 e. The van der Waals surface area contributed by atoms with Gasteiger partial charge in [0.25, 0.3) is 0 Å². The maximum atomic E-state index is 11.5. The molecule has 18 heavy (non-hydrogen) atoms. The molecule has 1 amide bonds. The van der Waals surface area contributed by atoms with E-state index >= 15 is 0 Å². The number of rotatable bonds is 6. The van der Waals surface area contributed by atoms with E-state index in [0.29, 0.717) is 23.0 Å². The SMILES string of the molecule is CCC(C)NC(=O)CCNc1cc(Cl)ccc1Cl. The van der Waals surface area contributed by atoms with Crippen LogP contribution in [0.2, 0.25) is 10.0 Å². The van der Waals surface area contributed by atoms with E-state index in [1.807, 2.05) is 13.8 Å². The number of halogens is 2. The predicted octanol–water partition coefficient (Wildman–Crippen LogP) is 3.71. The van der Waals surface area contributed by atoms with Gasteiger partial charge in [-0.3, -0.25) is 4.79 Å². The van der Waals surface area contributed by atoms with Crippen LogP contribution >= 0.6 is 23.2 Å². The Bertz CT molecular complexity index is 410. The summed E-state index contributed by atoms with van der Waals surface area (Å²) in [5, 5.41) is 7.22. The van der Waals surface area contributed by atoms with Crippen molar-refractivity contribution < 1.29 is 4.79 Å². The highest BCUT2D eigenvalue weighted by Crippen LogP contribution is 2.25. The fourth-order valence-electron chi connectivity index (χ4n) is 1.39. The molecule has 2 N–H and O–H groups in total. The van der Waals surface area contributed by atoms with Crippen LogP contribution in [-0.4, -0.2) is 18.5 Å². The lowest BCUT2D eigenvalue weighted by Crippen LogP contribution is -2.32. The number of nitrogens with one attached hydrogen (secondary N) is 2. The molecule has 0 saturated carbocycles. The summed E-state index contributed by atoms with van der Waals surface area (Å²) in [4.78, 5) is 11.5. The molecule has 0 aliphatic rings. The summed E-state index contributed by atoms with van der Waals surface area (Å²) in [6.07, 6.45) is 1.34. The van der Waals surface area contributed by atoms with E-state index < -0.39 is 0 Å². The zero-order chi connectivity index (χ0) is 13.5. The lowest BCUT2D eigenvalue weighted by Gasteiger charge is -2.12. The van der Waals surface area contributed by atoms with Crippen molar-refractivity contribution in [3.05, 3.63) is 28.2 Å². The van der Waals surface area contributed by atoms with E-state index in [2.05, 4.69) is 10.6 Å². The Morgan fingerprint density at radius 3 is 2.78 bits per heavy atom. The molecule has 0 aromatic heterocycles. The van der Waals surface area contributed by atoms with Crippen LogP contribution < -0.4 is 10.6 Å². The van der Waals surface area contributed by atoms with Crippen LogP contribution in [0, 0.1) is 0 Å². The van der Waals surface area contributed by atoms with E-state index in [1.165, 1.54) is 0 Å². The van der Waals surface area contributed by atoms with Gasteiger partial charge in [-0.1, -0.05) is 30.1 Å². The van der Waals surface area contributed by atoms with Gasteiger partial charge in [-0.2, -0.15) is 0 Å². The summed E-state index contributed by atoms with van der Waals surface area (Å²) in [7, 11) is 0. The van der Waals surface area contributed by atoms with Crippen LogP contribution in [0.5, 0.6) is 0 Å². The molecule has 0 radical (unpaired) electrons. The van der Waals surface area contributed by atoms with E-state index in [0.717, 1.165) is 12.1 Å². The number of carbonyl (C=O) groups is 1. The average Bonchev–Trinajstić information content (AvgIpc) is 2.33. The van der Waals surface area contributed by atoms with Gasteiger partial charge in [0.1, 0.15) is 0 Å². The van der Waals surface area contributed by atoms with E-state index in [1.54, 1.807) is 18.2 Å². The largest absolute Gasteiger partial charge is 0.383 e. The molecule has 0 saturated heterocycles. The molecule has 0 heterocycles. The van der Waals surface area contributed by atoms with Crippen molar-refractivity contribution >= 4 is 34.8 Å². The first-order chi connectivity index (χ1) is 8.52. The van der Waals surface area contributed by atoms with Gasteiger partial charge in [-0.25, -0.2) is 0 Å². The Morgan fingerprint density at radius 1 is 1.39 bits per heavy atom. The van der Waals surface area contributed by atoms with Gasteiger partial charge in [0.05, 0.1) is 10.7 Å². The summed E-state index contributed by atoms with van der Waals surface area (Å²) < 4.78 is 0. The van der Waals surface area contributed by atoms with E-state index in [4.69, 9.17) is 23.2 Å². The van der Waals surface area contributed by atoms with Crippen molar-refractivity contribution in [1.82, 2.24) is 5.32 Å². The van der Waals surface area contributed by atoms with Crippen LogP contribution in [0.1, 0.15) is 26.7 Å². The standard InChI is InChI=1S/C13H18Cl2N2O/c1-3-9(2)17-13(18)6-7-16-12-8-10(14)4-5-11(12)15/h4-5,8-9,16H,3,6-7H2,1-2H3,(H,17,18). The third-order valence-corrected chi connectivity index (χ3v) is 3.18. The molecule has 1 aromatic rings. The molecule has 0 fully saturated rings. The van der Waals surface area contributed by atoms with Crippen LogP contribution in [0.25, 0.3) is 0 Å². The maximum Gasteiger partial charge on any atom is 0.221 e. The minimum atomic E-state index is 0.0370. The predicted molar refractivity (Wildman–Crippen MR) is 77.5 cm³/mol. The van der Waals surface area contributed by atoms with E-state index in [9.17, 15) is 4.79 Å². The quantitative estimate of drug-likeness (QED) is 0.838. The van der Waals surface area contributed by atoms with Gasteiger partial charge < -0.3 is 10.6 Å². The van der Waals surface area contributed by atoms with Gasteiger partial charge in [-0.05, 0) is 31.5 Å². The molecular weight excluding hydrogens is 271 g/mol. The number of anilines is 1. The maximum absolute atomic E-state index is 11.5. The van der Waals surface area contributed by atoms with Gasteiger partial charge in [0, 0.05) is 24.0 Å². The molecule has 1 aromatic carbocycles. The third-order valence-electron chi connectivity index (χ3n) is 2.62. The highest BCUT2D eigenvalue weighted by Gasteiger charge is 2.06. The molecule has 1 rings (SSSR count). The Balaban J connectivity index is 2.37. The van der Waals surface area contributed by atoms with Crippen molar-refractivity contribution in [2.75, 3.05) is 11.9 Å². The van der Waals surface area contributed by atoms with E-state index in [-0.39, 0.29) is 11.9 Å². The van der Waals surface area contributed by atoms with Crippen molar-refractivity contribution in [3.8, 4) is 0 Å². The normalized spacial score (nSPS) is 12.0. The smallest absolute Gasteiger partial charge is 0.221 e. The van der Waals surface area contributed by atoms with Gasteiger partial charge >= 0.3 is 0 Å². The second-order valence-corrected chi connectivity index (χ2v) is 5.02. The number of hydrogen-bond acceptors (Lipinski definition) is 2. The summed E-state index contributed by atoms with van der Waals surface area (Å²) in [5.41, 5.74) is 0.750. The Kier molecular flexibility index (Phi) is 6.30. The van der Waals surface area contributed by atoms with Gasteiger partial charge in [-0.15, -0.1) is 0 Å². The number of benzene rings is 1. The van der Waals surface area contributed by atoms with Gasteiger partial charge in [0.15, 0.2) is 0 Å². The Morgan fingerprint density at radius 2 is 2.11 bits per heavy atom. The van der Waals surface area contributed by atoms with Crippen molar-refractivity contribution in [1.29, 1.82) is 0 Å². The molecular formula is C13H18Cl2N2O. The zero-order valence-electron chi connectivity index (χ0n) is 10.6. The minimum absolute atomic E-state index is 0.0370. The van der Waals surface area contributed by atoms with Crippen molar-refractivity contribution in [2.24, 2.45) is 0 Å². The molecule has 5 heteroatoms. The fraction of sp³-hybridized carbons (Fsp3) is 0.462. The molecule has 0 aliphatic carbocycles. The molecule has 0 aliphatic heterocycles. The van der Waals surface area contributed by atoms with Crippen LogP contribution in [-0.2, 0) is 4.79 Å². The summed E-state index contributed by atoms with van der Waals surface area (Å²) in [5.74, 6) is 0.0370. The highest BCUT2D eigenvalue weighted by molar-refractivity contribution is 6.35. The summed E-state index contributed by atoms with van der Waals surface area (Å²) in [6, 6.07) is 5.42. The summed E-state index contributed by atoms with van der Waals surface area (Å²) >= 11 is 11.9. The lowest BCUT2D eigenvalue weighted by atomic mass is 10.2. The van der Waals surface area contributed by atoms with Crippen molar-refractivity contribution in [3.63, 3.8) is 0 Å². The topological polar surface area (TPSA) is 41.1 Å². The van der Waals surface area contributed by atoms with Crippen molar-refractivity contribution in [2.45, 2.75) is 32.7 Å². The number of amides is 1. The molecule has 1 atom stereocenters. The van der Waals surface area contributed by atoms with Crippen LogP contribution in [0.15, 0.2) is 18.2 Å². The monoisotopic (exact) mass is 288 g/mol.